The molecule has 3 aromatic rings. The Hall–Kier alpha value is -3.66. The molecule has 0 fully saturated rings. The molecular weight excluding hydrogens is 350 g/mol. The second-order valence-corrected chi connectivity index (χ2v) is 6.49. The molecule has 0 spiro atoms. The van der Waals surface area contributed by atoms with Gasteiger partial charge in [-0.05, 0) is 54.0 Å². The van der Waals surface area contributed by atoms with E-state index in [1.54, 1.807) is 6.08 Å². The fourth-order valence-electron chi connectivity index (χ4n) is 2.86. The predicted octanol–water partition coefficient (Wildman–Crippen LogP) is 4.92. The predicted molar refractivity (Wildman–Crippen MR) is 109 cm³/mol. The topological polar surface area (TPSA) is 47.9 Å². The fourth-order valence-corrected chi connectivity index (χ4v) is 2.86. The lowest BCUT2D eigenvalue weighted by atomic mass is 10.1. The smallest absolute Gasteiger partial charge is 0.363 e. The van der Waals surface area contributed by atoms with Crippen LogP contribution in [0.1, 0.15) is 22.3 Å². The van der Waals surface area contributed by atoms with E-state index in [9.17, 15) is 4.79 Å². The van der Waals surface area contributed by atoms with Crippen molar-refractivity contribution < 1.29 is 14.3 Å². The summed E-state index contributed by atoms with van der Waals surface area (Å²) in [4.78, 5) is 16.4. The maximum Gasteiger partial charge on any atom is 0.363 e. The van der Waals surface area contributed by atoms with E-state index >= 15 is 0 Å². The Morgan fingerprint density at radius 1 is 0.929 bits per heavy atom. The Kier molecular flexibility index (Phi) is 5.02. The first-order chi connectivity index (χ1) is 13.7. The molecule has 0 bridgehead atoms. The lowest BCUT2D eigenvalue weighted by Gasteiger charge is -2.08. The van der Waals surface area contributed by atoms with Gasteiger partial charge in [-0.3, -0.25) is 0 Å². The molecule has 28 heavy (non-hydrogen) atoms. The molecule has 0 N–H and O–H groups in total. The molecule has 138 valence electrons. The largest absolute Gasteiger partial charge is 0.489 e. The highest BCUT2D eigenvalue weighted by Gasteiger charge is 2.23. The third kappa shape index (κ3) is 4.01. The van der Waals surface area contributed by atoms with E-state index in [0.29, 0.717) is 12.5 Å². The van der Waals surface area contributed by atoms with E-state index in [2.05, 4.69) is 24.0 Å². The summed E-state index contributed by atoms with van der Waals surface area (Å²) in [7, 11) is 0. The molecule has 1 aliphatic rings. The van der Waals surface area contributed by atoms with E-state index in [1.807, 2.05) is 66.7 Å². The van der Waals surface area contributed by atoms with Crippen LogP contribution in [0.25, 0.3) is 6.08 Å². The molecule has 1 heterocycles. The van der Waals surface area contributed by atoms with Crippen LogP contribution in [-0.2, 0) is 16.1 Å². The number of aryl methyl sites for hydroxylation is 1. The van der Waals surface area contributed by atoms with Gasteiger partial charge in [-0.1, -0.05) is 54.6 Å². The minimum atomic E-state index is -0.446. The molecular formula is C24H19NO3. The van der Waals surface area contributed by atoms with Crippen LogP contribution in [0.5, 0.6) is 5.75 Å². The lowest BCUT2D eigenvalue weighted by molar-refractivity contribution is -0.129. The maximum atomic E-state index is 12.1. The maximum absolute atomic E-state index is 12.1. The molecule has 4 rings (SSSR count). The Morgan fingerprint density at radius 3 is 2.39 bits per heavy atom. The number of aliphatic imine (C=N–C) groups is 1. The van der Waals surface area contributed by atoms with Gasteiger partial charge in [-0.15, -0.1) is 0 Å². The van der Waals surface area contributed by atoms with E-state index in [0.717, 1.165) is 22.4 Å². The van der Waals surface area contributed by atoms with Gasteiger partial charge in [-0.2, -0.15) is 0 Å². The summed E-state index contributed by atoms with van der Waals surface area (Å²) in [6.07, 6.45) is 1.71. The van der Waals surface area contributed by atoms with E-state index in [1.165, 1.54) is 5.56 Å². The van der Waals surface area contributed by atoms with Crippen molar-refractivity contribution in [2.24, 2.45) is 4.99 Å². The average molecular weight is 369 g/mol. The highest BCUT2D eigenvalue weighted by atomic mass is 16.6. The summed E-state index contributed by atoms with van der Waals surface area (Å²) >= 11 is 0. The molecule has 4 heteroatoms. The molecule has 0 aromatic heterocycles. The number of benzene rings is 3. The van der Waals surface area contributed by atoms with E-state index < -0.39 is 5.97 Å². The van der Waals surface area contributed by atoms with Gasteiger partial charge >= 0.3 is 5.97 Å². The molecule has 0 atom stereocenters. The third-order valence-electron chi connectivity index (χ3n) is 4.48. The zero-order valence-electron chi connectivity index (χ0n) is 15.5. The first-order valence-corrected chi connectivity index (χ1v) is 9.04. The van der Waals surface area contributed by atoms with Gasteiger partial charge in [0.25, 0.3) is 0 Å². The first kappa shape index (κ1) is 17.7. The average Bonchev–Trinajstić information content (AvgIpc) is 3.09. The van der Waals surface area contributed by atoms with Gasteiger partial charge in [0, 0.05) is 5.56 Å². The van der Waals surface area contributed by atoms with Gasteiger partial charge in [0.05, 0.1) is 0 Å². The normalized spacial score (nSPS) is 14.7. The molecule has 0 unspecified atom stereocenters. The number of nitrogens with zero attached hydrogens (tertiary/aromatic N) is 1. The van der Waals surface area contributed by atoms with Crippen LogP contribution in [-0.4, -0.2) is 11.9 Å². The van der Waals surface area contributed by atoms with Gasteiger partial charge in [0.2, 0.25) is 5.90 Å². The number of ether oxygens (including phenoxy) is 2. The van der Waals surface area contributed by atoms with Crippen molar-refractivity contribution in [3.63, 3.8) is 0 Å². The second-order valence-electron chi connectivity index (χ2n) is 6.49. The minimum absolute atomic E-state index is 0.285. The SMILES string of the molecule is Cc1ccccc1COc1ccc(/C=C2/N=C(c3ccccc3)OC2=O)cc1. The van der Waals surface area contributed by atoms with Crippen molar-refractivity contribution in [3.05, 3.63) is 107 Å². The summed E-state index contributed by atoms with van der Waals surface area (Å²) < 4.78 is 11.1. The number of carbonyl (C=O) groups excluding carboxylic acids is 1. The molecule has 0 amide bonds. The number of hydrogen-bond donors (Lipinski definition) is 0. The van der Waals surface area contributed by atoms with Gasteiger partial charge < -0.3 is 9.47 Å². The van der Waals surface area contributed by atoms with Crippen molar-refractivity contribution in [3.8, 4) is 5.75 Å². The van der Waals surface area contributed by atoms with Crippen molar-refractivity contribution in [2.45, 2.75) is 13.5 Å². The summed E-state index contributed by atoms with van der Waals surface area (Å²) in [6.45, 7) is 2.59. The molecule has 0 saturated heterocycles. The quantitative estimate of drug-likeness (QED) is 0.474. The molecule has 0 aliphatic carbocycles. The Bertz CT molecular complexity index is 1050. The van der Waals surface area contributed by atoms with Crippen LogP contribution in [0, 0.1) is 6.92 Å². The molecule has 1 aliphatic heterocycles. The van der Waals surface area contributed by atoms with Crippen molar-refractivity contribution in [1.82, 2.24) is 0 Å². The lowest BCUT2D eigenvalue weighted by Crippen LogP contribution is -2.04. The van der Waals surface area contributed by atoms with Crippen LogP contribution in [0.3, 0.4) is 0 Å². The van der Waals surface area contributed by atoms with Crippen LogP contribution in [0.2, 0.25) is 0 Å². The fraction of sp³-hybridized carbons (Fsp3) is 0.0833. The number of cyclic esters (lactones) is 1. The zero-order chi connectivity index (χ0) is 19.3. The van der Waals surface area contributed by atoms with E-state index in [4.69, 9.17) is 9.47 Å². The van der Waals surface area contributed by atoms with Crippen molar-refractivity contribution in [2.75, 3.05) is 0 Å². The second kappa shape index (κ2) is 7.92. The van der Waals surface area contributed by atoms with Crippen LogP contribution in [0.4, 0.5) is 0 Å². The summed E-state index contributed by atoms with van der Waals surface area (Å²) in [6, 6.07) is 25.1. The standard InChI is InChI=1S/C24H19NO3/c1-17-7-5-6-10-20(17)16-27-21-13-11-18(12-14-21)15-22-24(26)28-23(25-22)19-8-3-2-4-9-19/h2-15H,16H2,1H3/b22-15+. The van der Waals surface area contributed by atoms with E-state index in [-0.39, 0.29) is 5.70 Å². The van der Waals surface area contributed by atoms with Crippen molar-refractivity contribution >= 4 is 17.9 Å². The number of hydrogen-bond acceptors (Lipinski definition) is 4. The number of esters is 1. The van der Waals surface area contributed by atoms with Crippen molar-refractivity contribution in [1.29, 1.82) is 0 Å². The summed E-state index contributed by atoms with van der Waals surface area (Å²) in [5.41, 5.74) is 4.28. The monoisotopic (exact) mass is 369 g/mol. The van der Waals surface area contributed by atoms with Crippen LogP contribution >= 0.6 is 0 Å². The number of rotatable bonds is 5. The van der Waals surface area contributed by atoms with Crippen LogP contribution < -0.4 is 4.74 Å². The number of carbonyl (C=O) groups is 1. The van der Waals surface area contributed by atoms with Gasteiger partial charge in [0.1, 0.15) is 12.4 Å². The van der Waals surface area contributed by atoms with Gasteiger partial charge in [-0.25, -0.2) is 9.79 Å². The molecule has 0 radical (unpaired) electrons. The minimum Gasteiger partial charge on any atom is -0.489 e. The summed E-state index contributed by atoms with van der Waals surface area (Å²) in [5, 5.41) is 0. The first-order valence-electron chi connectivity index (χ1n) is 9.04. The Balaban J connectivity index is 1.46. The van der Waals surface area contributed by atoms with Crippen LogP contribution in [0.15, 0.2) is 89.6 Å². The summed E-state index contributed by atoms with van der Waals surface area (Å²) in [5.74, 6) is 0.654. The Labute approximate surface area is 163 Å². The third-order valence-corrected chi connectivity index (χ3v) is 4.48. The zero-order valence-corrected chi connectivity index (χ0v) is 15.5. The molecule has 0 saturated carbocycles. The Morgan fingerprint density at radius 2 is 1.64 bits per heavy atom. The molecule has 4 nitrogen and oxygen atoms in total. The highest BCUT2D eigenvalue weighted by Crippen LogP contribution is 2.21. The highest BCUT2D eigenvalue weighted by molar-refractivity contribution is 6.12. The molecule has 3 aromatic carbocycles. The van der Waals surface area contributed by atoms with Gasteiger partial charge in [0.15, 0.2) is 5.70 Å².